The van der Waals surface area contributed by atoms with Crippen LogP contribution in [0.25, 0.3) is 0 Å². The summed E-state index contributed by atoms with van der Waals surface area (Å²) in [7, 11) is 2.51. The maximum Gasteiger partial charge on any atom is 0.228 e. The van der Waals surface area contributed by atoms with Crippen molar-refractivity contribution in [2.24, 2.45) is 5.92 Å². The number of nitrogens with zero attached hydrogens (tertiary/aromatic N) is 1. The van der Waals surface area contributed by atoms with E-state index in [1.54, 1.807) is 0 Å². The van der Waals surface area contributed by atoms with Crippen LogP contribution in [0.5, 0.6) is 0 Å². The molecule has 1 aliphatic heterocycles. The average molecular weight is 143 g/mol. The molecule has 9 heavy (non-hydrogen) atoms. The highest BCUT2D eigenvalue weighted by Gasteiger charge is 2.42. The summed E-state index contributed by atoms with van der Waals surface area (Å²) in [6.07, 6.45) is 3.47. The monoisotopic (exact) mass is 143 g/mol. The Morgan fingerprint density at radius 2 is 2.33 bits per heavy atom. The molecular weight excluding hydrogens is 133 g/mol. The lowest BCUT2D eigenvalue weighted by Gasteiger charge is -2.20. The highest BCUT2D eigenvalue weighted by atomic mass is 31.0. The first kappa shape index (κ1) is 5.67. The second-order valence-corrected chi connectivity index (χ2v) is 3.47. The predicted octanol–water partition coefficient (Wildman–Crippen LogP) is 0.787. The van der Waals surface area contributed by atoms with Gasteiger partial charge in [-0.05, 0) is 28.7 Å². The Kier molecular flexibility index (Phi) is 1.07. The number of carbonyl (C=O) groups is 1. The largest absolute Gasteiger partial charge is 0.324 e. The Hall–Kier alpha value is -0.100. The fraction of sp³-hybridized carbons (Fsp3) is 0.833. The molecule has 1 amide bonds. The Bertz CT molecular complexity index is 155. The van der Waals surface area contributed by atoms with Crippen LogP contribution in [0.3, 0.4) is 0 Å². The molecule has 1 heterocycles. The summed E-state index contributed by atoms with van der Waals surface area (Å²) in [4.78, 5) is 11.1. The van der Waals surface area contributed by atoms with E-state index in [1.165, 1.54) is 6.42 Å². The molecule has 2 fully saturated rings. The van der Waals surface area contributed by atoms with E-state index in [-0.39, 0.29) is 0 Å². The smallest absolute Gasteiger partial charge is 0.228 e. The predicted molar refractivity (Wildman–Crippen MR) is 37.7 cm³/mol. The summed E-state index contributed by atoms with van der Waals surface area (Å²) in [5.41, 5.74) is 0. The Morgan fingerprint density at radius 1 is 1.56 bits per heavy atom. The van der Waals surface area contributed by atoms with Crippen molar-refractivity contribution in [1.82, 2.24) is 4.67 Å². The van der Waals surface area contributed by atoms with Crippen molar-refractivity contribution in [3.05, 3.63) is 0 Å². The Labute approximate surface area is 56.9 Å². The summed E-state index contributed by atoms with van der Waals surface area (Å²) in [6, 6.07) is 0.562. The summed E-state index contributed by atoms with van der Waals surface area (Å²) >= 11 is 0. The van der Waals surface area contributed by atoms with E-state index in [1.807, 2.05) is 4.67 Å². The van der Waals surface area contributed by atoms with Crippen molar-refractivity contribution < 1.29 is 4.79 Å². The van der Waals surface area contributed by atoms with Gasteiger partial charge in [0, 0.05) is 12.0 Å². The van der Waals surface area contributed by atoms with Crippen molar-refractivity contribution in [2.75, 3.05) is 0 Å². The van der Waals surface area contributed by atoms with Crippen LogP contribution in [0.15, 0.2) is 0 Å². The van der Waals surface area contributed by atoms with Crippen molar-refractivity contribution in [2.45, 2.75) is 25.3 Å². The summed E-state index contributed by atoms with van der Waals surface area (Å²) in [6.45, 7) is 0. The van der Waals surface area contributed by atoms with Gasteiger partial charge in [-0.25, -0.2) is 0 Å². The van der Waals surface area contributed by atoms with Gasteiger partial charge in [0.05, 0.1) is 0 Å². The molecule has 50 valence electrons. The number of fused-ring (bicyclic) bond motifs is 2. The van der Waals surface area contributed by atoms with Gasteiger partial charge in [0.25, 0.3) is 0 Å². The average Bonchev–Trinajstić information content (AvgIpc) is 2.37. The van der Waals surface area contributed by atoms with Crippen LogP contribution in [0.1, 0.15) is 19.3 Å². The maximum absolute atomic E-state index is 11.1. The van der Waals surface area contributed by atoms with Crippen LogP contribution in [0, 0.1) is 5.92 Å². The zero-order chi connectivity index (χ0) is 6.43. The van der Waals surface area contributed by atoms with Gasteiger partial charge in [-0.2, -0.15) is 0 Å². The van der Waals surface area contributed by atoms with Gasteiger partial charge < -0.3 is 4.67 Å². The summed E-state index contributed by atoms with van der Waals surface area (Å²) in [5, 5.41) is 0. The molecule has 0 aromatic carbocycles. The highest BCUT2D eigenvalue weighted by Crippen LogP contribution is 2.40. The minimum Gasteiger partial charge on any atom is -0.324 e. The topological polar surface area (TPSA) is 20.3 Å². The van der Waals surface area contributed by atoms with Crippen LogP contribution in [-0.2, 0) is 4.79 Å². The first-order valence-corrected chi connectivity index (χ1v) is 3.88. The third-order valence-electron chi connectivity index (χ3n) is 2.40. The molecule has 2 aliphatic rings. The van der Waals surface area contributed by atoms with Crippen LogP contribution >= 0.6 is 9.39 Å². The third kappa shape index (κ3) is 0.630. The first-order chi connectivity index (χ1) is 4.29. The first-order valence-electron chi connectivity index (χ1n) is 3.37. The minimum atomic E-state index is 0.344. The van der Waals surface area contributed by atoms with E-state index in [0.29, 0.717) is 17.9 Å². The van der Waals surface area contributed by atoms with Gasteiger partial charge in [-0.1, -0.05) is 0 Å². The van der Waals surface area contributed by atoms with Gasteiger partial charge in [0.15, 0.2) is 0 Å². The number of rotatable bonds is 0. The SMILES string of the molecule is O=C1C2CCC(C2)N1P. The number of piperidine rings is 1. The standard InChI is InChI=1S/C6H10NOP/c8-6-4-1-2-5(3-4)7(6)9/h4-5H,1-3,9H2. The van der Waals surface area contributed by atoms with Gasteiger partial charge in [0.2, 0.25) is 5.91 Å². The number of amides is 1. The zero-order valence-corrected chi connectivity index (χ0v) is 6.36. The van der Waals surface area contributed by atoms with Gasteiger partial charge in [-0.3, -0.25) is 4.79 Å². The molecule has 3 atom stereocenters. The molecule has 0 aromatic heterocycles. The molecule has 2 rings (SSSR count). The molecule has 3 heteroatoms. The van der Waals surface area contributed by atoms with E-state index in [0.717, 1.165) is 12.8 Å². The fourth-order valence-corrected chi connectivity index (χ4v) is 2.31. The molecule has 1 saturated carbocycles. The lowest BCUT2D eigenvalue weighted by atomic mass is 10.1. The van der Waals surface area contributed by atoms with E-state index in [9.17, 15) is 4.79 Å². The van der Waals surface area contributed by atoms with Gasteiger partial charge in [-0.15, -0.1) is 0 Å². The molecule has 1 aliphatic carbocycles. The lowest BCUT2D eigenvalue weighted by molar-refractivity contribution is -0.128. The van der Waals surface area contributed by atoms with Crippen LogP contribution < -0.4 is 0 Å². The Balaban J connectivity index is 2.25. The van der Waals surface area contributed by atoms with E-state index in [2.05, 4.69) is 9.39 Å². The molecule has 0 spiro atoms. The van der Waals surface area contributed by atoms with Crippen LogP contribution in [0.2, 0.25) is 0 Å². The molecule has 0 N–H and O–H groups in total. The molecule has 0 radical (unpaired) electrons. The Morgan fingerprint density at radius 3 is 2.67 bits per heavy atom. The molecule has 0 aromatic rings. The van der Waals surface area contributed by atoms with E-state index >= 15 is 0 Å². The van der Waals surface area contributed by atoms with Crippen molar-refractivity contribution >= 4 is 15.3 Å². The molecule has 3 unspecified atom stereocenters. The number of hydrogen-bond acceptors (Lipinski definition) is 1. The normalized spacial score (nSPS) is 40.6. The molecule has 2 bridgehead atoms. The van der Waals surface area contributed by atoms with Crippen molar-refractivity contribution in [3.63, 3.8) is 0 Å². The lowest BCUT2D eigenvalue weighted by Crippen LogP contribution is -2.27. The molecular formula is C6H10NOP. The summed E-state index contributed by atoms with van der Waals surface area (Å²) < 4.78 is 1.83. The second-order valence-electron chi connectivity index (χ2n) is 2.91. The van der Waals surface area contributed by atoms with Crippen LogP contribution in [-0.4, -0.2) is 16.6 Å². The molecule has 2 nitrogen and oxygen atoms in total. The van der Waals surface area contributed by atoms with E-state index in [4.69, 9.17) is 0 Å². The molecule has 1 saturated heterocycles. The fourth-order valence-electron chi connectivity index (χ4n) is 1.83. The van der Waals surface area contributed by atoms with Gasteiger partial charge >= 0.3 is 0 Å². The van der Waals surface area contributed by atoms with Crippen molar-refractivity contribution in [1.29, 1.82) is 0 Å². The second kappa shape index (κ2) is 1.69. The number of carbonyl (C=O) groups excluding carboxylic acids is 1. The van der Waals surface area contributed by atoms with Crippen molar-refractivity contribution in [3.8, 4) is 0 Å². The maximum atomic E-state index is 11.1. The van der Waals surface area contributed by atoms with E-state index < -0.39 is 0 Å². The zero-order valence-electron chi connectivity index (χ0n) is 5.21. The van der Waals surface area contributed by atoms with Gasteiger partial charge in [0.1, 0.15) is 0 Å². The third-order valence-corrected chi connectivity index (χ3v) is 3.08. The van der Waals surface area contributed by atoms with Crippen LogP contribution in [0.4, 0.5) is 0 Å². The quantitative estimate of drug-likeness (QED) is 0.459. The highest BCUT2D eigenvalue weighted by molar-refractivity contribution is 7.14. The minimum absolute atomic E-state index is 0.344. The number of hydrogen-bond donors (Lipinski definition) is 0. The summed E-state index contributed by atoms with van der Waals surface area (Å²) in [5.74, 6) is 0.726.